The third kappa shape index (κ3) is 3.97. The lowest BCUT2D eigenvalue weighted by Crippen LogP contribution is -2.44. The second-order valence-corrected chi connectivity index (χ2v) is 6.63. The summed E-state index contributed by atoms with van der Waals surface area (Å²) in [4.78, 5) is 2.40. The molecule has 0 saturated carbocycles. The van der Waals surface area contributed by atoms with Crippen LogP contribution >= 0.6 is 0 Å². The van der Waals surface area contributed by atoms with E-state index in [4.69, 9.17) is 4.74 Å². The zero-order valence-corrected chi connectivity index (χ0v) is 14.6. The molecule has 2 heterocycles. The summed E-state index contributed by atoms with van der Waals surface area (Å²) in [5.74, 6) is 0.758. The predicted molar refractivity (Wildman–Crippen MR) is 94.1 cm³/mol. The summed E-state index contributed by atoms with van der Waals surface area (Å²) < 4.78 is 7.42. The Morgan fingerprint density at radius 3 is 3.00 bits per heavy atom. The molecule has 2 aromatic rings. The number of piperidine rings is 1. The van der Waals surface area contributed by atoms with Gasteiger partial charge < -0.3 is 9.84 Å². The summed E-state index contributed by atoms with van der Waals surface area (Å²) in [6, 6.07) is 8.35. The number of methoxy groups -OCH3 is 1. The Bertz CT molecular complexity index is 642. The maximum absolute atomic E-state index is 10.8. The van der Waals surface area contributed by atoms with Crippen LogP contribution in [0.4, 0.5) is 0 Å². The summed E-state index contributed by atoms with van der Waals surface area (Å²) in [5, 5.41) is 15.1. The first-order chi connectivity index (χ1) is 11.7. The maximum atomic E-state index is 10.8. The van der Waals surface area contributed by atoms with Crippen molar-refractivity contribution in [2.75, 3.05) is 20.2 Å². The average Bonchev–Trinajstić information content (AvgIpc) is 3.09. The molecular weight excluding hydrogens is 302 g/mol. The molecule has 0 aliphatic carbocycles. The van der Waals surface area contributed by atoms with Gasteiger partial charge in [0.15, 0.2) is 0 Å². The van der Waals surface area contributed by atoms with Crippen LogP contribution in [-0.2, 0) is 6.54 Å². The number of nitrogens with zero attached hydrogens (tertiary/aromatic N) is 3. The molecule has 1 aromatic carbocycles. The van der Waals surface area contributed by atoms with Crippen molar-refractivity contribution in [1.29, 1.82) is 0 Å². The molecule has 130 valence electrons. The topological polar surface area (TPSA) is 50.5 Å². The van der Waals surface area contributed by atoms with E-state index in [1.807, 2.05) is 48.3 Å². The number of β-amino-alcohol motifs (C(OH)–C–C–N with tert-alkyl or cyclic N) is 1. The van der Waals surface area contributed by atoms with Gasteiger partial charge in [0, 0.05) is 30.5 Å². The van der Waals surface area contributed by atoms with Gasteiger partial charge in [-0.3, -0.25) is 9.58 Å². The highest BCUT2D eigenvalue weighted by Gasteiger charge is 2.26. The first-order valence-corrected chi connectivity index (χ1v) is 8.71. The summed E-state index contributed by atoms with van der Waals surface area (Å²) in [6.45, 7) is 4.57. The predicted octanol–water partition coefficient (Wildman–Crippen LogP) is 2.79. The third-order valence-electron chi connectivity index (χ3n) is 4.86. The van der Waals surface area contributed by atoms with Crippen LogP contribution in [0.5, 0.6) is 5.75 Å². The number of ether oxygens (including phenoxy) is 1. The van der Waals surface area contributed by atoms with Crippen LogP contribution < -0.4 is 4.74 Å². The molecule has 5 heteroatoms. The van der Waals surface area contributed by atoms with E-state index in [1.165, 1.54) is 12.8 Å². The van der Waals surface area contributed by atoms with E-state index in [0.29, 0.717) is 12.6 Å². The van der Waals surface area contributed by atoms with Gasteiger partial charge in [-0.15, -0.1) is 0 Å². The molecule has 2 unspecified atom stereocenters. The lowest BCUT2D eigenvalue weighted by atomic mass is 9.99. The molecule has 0 spiro atoms. The number of aromatic nitrogens is 2. The van der Waals surface area contributed by atoms with Gasteiger partial charge >= 0.3 is 0 Å². The number of hydrogen-bond donors (Lipinski definition) is 1. The van der Waals surface area contributed by atoms with Crippen LogP contribution in [-0.4, -0.2) is 46.0 Å². The summed E-state index contributed by atoms with van der Waals surface area (Å²) in [7, 11) is 1.66. The van der Waals surface area contributed by atoms with Crippen molar-refractivity contribution in [1.82, 2.24) is 14.7 Å². The Kier molecular flexibility index (Phi) is 5.53. The Morgan fingerprint density at radius 2 is 2.25 bits per heavy atom. The largest absolute Gasteiger partial charge is 0.496 e. The van der Waals surface area contributed by atoms with Crippen molar-refractivity contribution < 1.29 is 9.84 Å². The zero-order chi connectivity index (χ0) is 16.9. The monoisotopic (exact) mass is 329 g/mol. The number of aliphatic hydroxyl groups is 1. The molecule has 0 amide bonds. The minimum atomic E-state index is -0.543. The molecule has 3 rings (SSSR count). The smallest absolute Gasteiger partial charge is 0.124 e. The highest BCUT2D eigenvalue weighted by Crippen LogP contribution is 2.29. The zero-order valence-electron chi connectivity index (χ0n) is 14.6. The van der Waals surface area contributed by atoms with E-state index in [1.54, 1.807) is 7.11 Å². The molecule has 1 aromatic heterocycles. The van der Waals surface area contributed by atoms with Crippen molar-refractivity contribution in [2.45, 2.75) is 44.9 Å². The SMILES string of the molecule is COc1ccc(C)cc1C(O)CN1CCCCC1Cn1cccn1. The van der Waals surface area contributed by atoms with Gasteiger partial charge in [-0.1, -0.05) is 18.1 Å². The van der Waals surface area contributed by atoms with Gasteiger partial charge in [-0.2, -0.15) is 5.10 Å². The fourth-order valence-electron chi connectivity index (χ4n) is 3.57. The minimum Gasteiger partial charge on any atom is -0.496 e. The number of rotatable bonds is 6. The van der Waals surface area contributed by atoms with Crippen LogP contribution in [0.25, 0.3) is 0 Å². The molecule has 1 fully saturated rings. The summed E-state index contributed by atoms with van der Waals surface area (Å²) in [5.41, 5.74) is 2.01. The van der Waals surface area contributed by atoms with Gasteiger partial charge in [0.25, 0.3) is 0 Å². The standard InChI is InChI=1S/C19H27N3O2/c1-15-7-8-19(24-2)17(12-15)18(23)14-21-10-4-3-6-16(21)13-22-11-5-9-20-22/h5,7-9,11-12,16,18,23H,3-4,6,10,13-14H2,1-2H3. The molecule has 5 nitrogen and oxygen atoms in total. The van der Waals surface area contributed by atoms with E-state index < -0.39 is 6.10 Å². The molecule has 1 aliphatic heterocycles. The average molecular weight is 329 g/mol. The quantitative estimate of drug-likeness (QED) is 0.885. The Balaban J connectivity index is 1.71. The number of likely N-dealkylation sites (tertiary alicyclic amines) is 1. The summed E-state index contributed by atoms with van der Waals surface area (Å²) >= 11 is 0. The Hall–Kier alpha value is -1.85. The molecule has 24 heavy (non-hydrogen) atoms. The van der Waals surface area contributed by atoms with E-state index in [2.05, 4.69) is 10.00 Å². The number of benzene rings is 1. The fourth-order valence-corrected chi connectivity index (χ4v) is 3.57. The highest BCUT2D eigenvalue weighted by atomic mass is 16.5. The Labute approximate surface area is 143 Å². The minimum absolute atomic E-state index is 0.420. The van der Waals surface area contributed by atoms with Gasteiger partial charge in [0.2, 0.25) is 0 Å². The van der Waals surface area contributed by atoms with E-state index in [9.17, 15) is 5.11 Å². The highest BCUT2D eigenvalue weighted by molar-refractivity contribution is 5.38. The van der Waals surface area contributed by atoms with Gasteiger partial charge in [-0.05, 0) is 44.5 Å². The van der Waals surface area contributed by atoms with E-state index in [0.717, 1.165) is 36.4 Å². The lowest BCUT2D eigenvalue weighted by Gasteiger charge is -2.37. The van der Waals surface area contributed by atoms with Gasteiger partial charge in [0.1, 0.15) is 5.75 Å². The molecular formula is C19H27N3O2. The maximum Gasteiger partial charge on any atom is 0.124 e. The summed E-state index contributed by atoms with van der Waals surface area (Å²) in [6.07, 6.45) is 6.86. The van der Waals surface area contributed by atoms with Crippen molar-refractivity contribution >= 4 is 0 Å². The van der Waals surface area contributed by atoms with Crippen molar-refractivity contribution in [3.05, 3.63) is 47.8 Å². The van der Waals surface area contributed by atoms with E-state index >= 15 is 0 Å². The first kappa shape index (κ1) is 17.0. The number of hydrogen-bond acceptors (Lipinski definition) is 4. The fraction of sp³-hybridized carbons (Fsp3) is 0.526. The van der Waals surface area contributed by atoms with Crippen LogP contribution in [0, 0.1) is 6.92 Å². The molecule has 0 radical (unpaired) electrons. The normalized spacial score (nSPS) is 20.0. The second-order valence-electron chi connectivity index (χ2n) is 6.63. The van der Waals surface area contributed by atoms with Crippen molar-refractivity contribution in [2.24, 2.45) is 0 Å². The molecule has 1 aliphatic rings. The number of aliphatic hydroxyl groups excluding tert-OH is 1. The van der Waals surface area contributed by atoms with Crippen molar-refractivity contribution in [3.63, 3.8) is 0 Å². The first-order valence-electron chi connectivity index (χ1n) is 8.71. The second kappa shape index (κ2) is 7.81. The third-order valence-corrected chi connectivity index (χ3v) is 4.86. The van der Waals surface area contributed by atoms with Crippen LogP contribution in [0.2, 0.25) is 0 Å². The van der Waals surface area contributed by atoms with Crippen LogP contribution in [0.1, 0.15) is 36.5 Å². The van der Waals surface area contributed by atoms with E-state index in [-0.39, 0.29) is 0 Å². The van der Waals surface area contributed by atoms with Gasteiger partial charge in [0.05, 0.1) is 19.8 Å². The molecule has 1 saturated heterocycles. The van der Waals surface area contributed by atoms with Crippen LogP contribution in [0.3, 0.4) is 0 Å². The van der Waals surface area contributed by atoms with Crippen molar-refractivity contribution in [3.8, 4) is 5.75 Å². The van der Waals surface area contributed by atoms with Crippen LogP contribution in [0.15, 0.2) is 36.7 Å². The molecule has 1 N–H and O–H groups in total. The number of aryl methyl sites for hydroxylation is 1. The van der Waals surface area contributed by atoms with Gasteiger partial charge in [-0.25, -0.2) is 0 Å². The Morgan fingerprint density at radius 1 is 1.38 bits per heavy atom. The lowest BCUT2D eigenvalue weighted by molar-refractivity contribution is 0.0579. The molecule has 2 atom stereocenters. The molecule has 0 bridgehead atoms.